The van der Waals surface area contributed by atoms with Crippen molar-refractivity contribution < 1.29 is 9.53 Å². The first-order valence-electron chi connectivity index (χ1n) is 7.73. The van der Waals surface area contributed by atoms with Gasteiger partial charge in [0, 0.05) is 19.5 Å². The summed E-state index contributed by atoms with van der Waals surface area (Å²) in [5.74, 6) is 0.839. The number of rotatable bonds is 6. The van der Waals surface area contributed by atoms with Crippen LogP contribution in [0.1, 0.15) is 36.6 Å². The summed E-state index contributed by atoms with van der Waals surface area (Å²) in [7, 11) is 3.45. The van der Waals surface area contributed by atoms with E-state index in [-0.39, 0.29) is 30.4 Å². The molecule has 2 unspecified atom stereocenters. The third-order valence-corrected chi connectivity index (χ3v) is 4.19. The molecule has 0 spiro atoms. The second-order valence-corrected chi connectivity index (χ2v) is 5.68. The largest absolute Gasteiger partial charge is 0.497 e. The minimum atomic E-state index is -0.283. The predicted molar refractivity (Wildman–Crippen MR) is 99.4 cm³/mol. The van der Waals surface area contributed by atoms with E-state index in [1.54, 1.807) is 12.0 Å². The minimum absolute atomic E-state index is 0. The number of carbonyl (C=O) groups excluding carboxylic acids is 1. The van der Waals surface area contributed by atoms with Crippen molar-refractivity contribution in [1.29, 1.82) is 0 Å². The molecule has 0 aliphatic rings. The third-order valence-electron chi connectivity index (χ3n) is 4.19. The Morgan fingerprint density at radius 1 is 1.08 bits per heavy atom. The molecule has 0 fully saturated rings. The van der Waals surface area contributed by atoms with Gasteiger partial charge in [0.05, 0.1) is 13.2 Å². The van der Waals surface area contributed by atoms with Crippen LogP contribution < -0.4 is 10.5 Å². The van der Waals surface area contributed by atoms with Crippen molar-refractivity contribution in [3.63, 3.8) is 0 Å². The van der Waals surface area contributed by atoms with Crippen LogP contribution >= 0.6 is 12.4 Å². The third kappa shape index (κ3) is 4.98. The van der Waals surface area contributed by atoms with Gasteiger partial charge in [-0.1, -0.05) is 42.5 Å². The lowest BCUT2D eigenvalue weighted by Gasteiger charge is -2.27. The first-order valence-corrected chi connectivity index (χ1v) is 7.73. The molecule has 24 heavy (non-hydrogen) atoms. The molecule has 0 bridgehead atoms. The Labute approximate surface area is 150 Å². The van der Waals surface area contributed by atoms with Gasteiger partial charge in [-0.15, -0.1) is 12.4 Å². The number of halogens is 1. The lowest BCUT2D eigenvalue weighted by Crippen LogP contribution is -2.32. The Balaban J connectivity index is 0.00000288. The smallest absolute Gasteiger partial charge is 0.224 e. The fourth-order valence-corrected chi connectivity index (χ4v) is 2.47. The quantitative estimate of drug-likeness (QED) is 0.865. The number of carbonyl (C=O) groups is 1. The summed E-state index contributed by atoms with van der Waals surface area (Å²) in [6, 6.07) is 17.2. The van der Waals surface area contributed by atoms with E-state index in [0.717, 1.165) is 16.9 Å². The Morgan fingerprint density at radius 3 is 2.21 bits per heavy atom. The van der Waals surface area contributed by atoms with Gasteiger partial charge in [0.15, 0.2) is 0 Å². The van der Waals surface area contributed by atoms with Crippen molar-refractivity contribution in [3.8, 4) is 5.75 Å². The van der Waals surface area contributed by atoms with Crippen molar-refractivity contribution in [1.82, 2.24) is 4.90 Å². The molecule has 130 valence electrons. The molecule has 0 aliphatic carbocycles. The molecular weight excluding hydrogens is 324 g/mol. The summed E-state index contributed by atoms with van der Waals surface area (Å²) in [5.41, 5.74) is 8.19. The van der Waals surface area contributed by atoms with Crippen molar-refractivity contribution in [2.75, 3.05) is 14.2 Å². The predicted octanol–water partition coefficient (Wildman–Crippen LogP) is 3.73. The standard InChI is InChI=1S/C19H24N2O2.ClH/c1-14(15-9-11-17(23-3)12-10-15)21(2)19(22)13-18(20)16-7-5-4-6-8-16;/h4-12,14,18H,13,20H2,1-3H3;1H. The van der Waals surface area contributed by atoms with Gasteiger partial charge < -0.3 is 15.4 Å². The number of hydrogen-bond donors (Lipinski definition) is 1. The van der Waals surface area contributed by atoms with Crippen LogP contribution in [0.4, 0.5) is 0 Å². The minimum Gasteiger partial charge on any atom is -0.497 e. The number of methoxy groups -OCH3 is 1. The number of benzene rings is 2. The van der Waals surface area contributed by atoms with Crippen LogP contribution in [0, 0.1) is 0 Å². The topological polar surface area (TPSA) is 55.6 Å². The molecule has 0 radical (unpaired) electrons. The monoisotopic (exact) mass is 348 g/mol. The molecule has 0 saturated carbocycles. The molecule has 2 aromatic rings. The van der Waals surface area contributed by atoms with Gasteiger partial charge in [0.2, 0.25) is 5.91 Å². The molecule has 2 atom stereocenters. The Kier molecular flexibility index (Phi) is 7.75. The lowest BCUT2D eigenvalue weighted by molar-refractivity contribution is -0.132. The molecule has 5 heteroatoms. The van der Waals surface area contributed by atoms with E-state index >= 15 is 0 Å². The van der Waals surface area contributed by atoms with Crippen LogP contribution in [0.25, 0.3) is 0 Å². The Bertz CT molecular complexity index is 632. The van der Waals surface area contributed by atoms with Crippen LogP contribution in [-0.4, -0.2) is 25.0 Å². The van der Waals surface area contributed by atoms with E-state index < -0.39 is 0 Å². The highest BCUT2D eigenvalue weighted by Gasteiger charge is 2.20. The molecule has 2 aromatic carbocycles. The van der Waals surface area contributed by atoms with E-state index in [2.05, 4.69) is 0 Å². The Morgan fingerprint density at radius 2 is 1.67 bits per heavy atom. The highest BCUT2D eigenvalue weighted by atomic mass is 35.5. The van der Waals surface area contributed by atoms with E-state index in [9.17, 15) is 4.79 Å². The summed E-state index contributed by atoms with van der Waals surface area (Å²) in [6.07, 6.45) is 0.293. The number of amides is 1. The summed E-state index contributed by atoms with van der Waals surface area (Å²) < 4.78 is 5.16. The van der Waals surface area contributed by atoms with Gasteiger partial charge in [-0.25, -0.2) is 0 Å². The molecule has 2 rings (SSSR count). The molecule has 2 N–H and O–H groups in total. The highest BCUT2D eigenvalue weighted by molar-refractivity contribution is 5.85. The number of nitrogens with zero attached hydrogens (tertiary/aromatic N) is 1. The van der Waals surface area contributed by atoms with E-state index in [4.69, 9.17) is 10.5 Å². The molecule has 0 aromatic heterocycles. The summed E-state index contributed by atoms with van der Waals surface area (Å²) in [6.45, 7) is 2.01. The fourth-order valence-electron chi connectivity index (χ4n) is 2.47. The summed E-state index contributed by atoms with van der Waals surface area (Å²) in [4.78, 5) is 14.2. The zero-order chi connectivity index (χ0) is 16.8. The zero-order valence-corrected chi connectivity index (χ0v) is 15.1. The van der Waals surface area contributed by atoms with Crippen molar-refractivity contribution >= 4 is 18.3 Å². The van der Waals surface area contributed by atoms with Gasteiger partial charge in [0.1, 0.15) is 5.75 Å². The number of ether oxygens (including phenoxy) is 1. The van der Waals surface area contributed by atoms with Gasteiger partial charge in [0.25, 0.3) is 0 Å². The average Bonchev–Trinajstić information content (AvgIpc) is 2.61. The van der Waals surface area contributed by atoms with Crippen molar-refractivity contribution in [2.24, 2.45) is 5.73 Å². The molecule has 0 heterocycles. The second-order valence-electron chi connectivity index (χ2n) is 5.68. The first-order chi connectivity index (χ1) is 11.0. The highest BCUT2D eigenvalue weighted by Crippen LogP contribution is 2.23. The molecule has 0 saturated heterocycles. The molecule has 1 amide bonds. The summed E-state index contributed by atoms with van der Waals surface area (Å²) in [5, 5.41) is 0. The fraction of sp³-hybridized carbons (Fsp3) is 0.316. The average molecular weight is 349 g/mol. The van der Waals surface area contributed by atoms with Crippen LogP contribution in [0.2, 0.25) is 0 Å². The van der Waals surface area contributed by atoms with Gasteiger partial charge >= 0.3 is 0 Å². The maximum atomic E-state index is 12.5. The normalized spacial score (nSPS) is 12.7. The molecule has 0 aliphatic heterocycles. The van der Waals surface area contributed by atoms with Crippen LogP contribution in [0.5, 0.6) is 5.75 Å². The van der Waals surface area contributed by atoms with Crippen molar-refractivity contribution in [3.05, 3.63) is 65.7 Å². The maximum Gasteiger partial charge on any atom is 0.224 e. The van der Waals surface area contributed by atoms with Gasteiger partial charge in [-0.05, 0) is 30.2 Å². The first kappa shape index (κ1) is 20.0. The zero-order valence-electron chi connectivity index (χ0n) is 14.3. The number of nitrogens with two attached hydrogens (primary N) is 1. The second kappa shape index (κ2) is 9.30. The van der Waals surface area contributed by atoms with E-state index in [1.807, 2.05) is 68.6 Å². The maximum absolute atomic E-state index is 12.5. The lowest BCUT2D eigenvalue weighted by atomic mass is 10.0. The van der Waals surface area contributed by atoms with Gasteiger partial charge in [-0.3, -0.25) is 4.79 Å². The van der Waals surface area contributed by atoms with Crippen molar-refractivity contribution in [2.45, 2.75) is 25.4 Å². The molecule has 4 nitrogen and oxygen atoms in total. The SMILES string of the molecule is COc1ccc(C(C)N(C)C(=O)CC(N)c2ccccc2)cc1.Cl. The number of hydrogen-bond acceptors (Lipinski definition) is 3. The van der Waals surface area contributed by atoms with Crippen LogP contribution in [0.3, 0.4) is 0 Å². The molecular formula is C19H25ClN2O2. The van der Waals surface area contributed by atoms with E-state index in [0.29, 0.717) is 6.42 Å². The van der Waals surface area contributed by atoms with Crippen LogP contribution in [0.15, 0.2) is 54.6 Å². The summed E-state index contributed by atoms with van der Waals surface area (Å²) >= 11 is 0. The van der Waals surface area contributed by atoms with E-state index in [1.165, 1.54) is 0 Å². The Hall–Kier alpha value is -2.04. The van der Waals surface area contributed by atoms with Gasteiger partial charge in [-0.2, -0.15) is 0 Å². The van der Waals surface area contributed by atoms with Crippen LogP contribution in [-0.2, 0) is 4.79 Å².